The van der Waals surface area contributed by atoms with E-state index in [-0.39, 0.29) is 29.6 Å². The van der Waals surface area contributed by atoms with Crippen molar-refractivity contribution < 1.29 is 9.59 Å². The molecule has 0 aromatic heterocycles. The van der Waals surface area contributed by atoms with Crippen molar-refractivity contribution in [3.63, 3.8) is 0 Å². The number of amides is 2. The molecule has 3 atom stereocenters. The van der Waals surface area contributed by atoms with Crippen molar-refractivity contribution in [1.29, 1.82) is 0 Å². The summed E-state index contributed by atoms with van der Waals surface area (Å²) in [5, 5.41) is 0. The molecule has 3 rings (SSSR count). The lowest BCUT2D eigenvalue weighted by Crippen LogP contribution is -2.31. The van der Waals surface area contributed by atoms with Gasteiger partial charge in [0.1, 0.15) is 0 Å². The van der Waals surface area contributed by atoms with Gasteiger partial charge in [0.05, 0.1) is 17.5 Å². The van der Waals surface area contributed by atoms with E-state index in [2.05, 4.69) is 15.9 Å². The zero-order valence-corrected chi connectivity index (χ0v) is 12.1. The fourth-order valence-corrected chi connectivity index (χ4v) is 3.26. The molecule has 0 bridgehead atoms. The molecule has 1 aromatic rings. The molecule has 0 spiro atoms. The number of allylic oxidation sites excluding steroid dienone is 2. The summed E-state index contributed by atoms with van der Waals surface area (Å²) in [4.78, 5) is 26.3. The number of nitrogens with zero attached hydrogens (tertiary/aromatic N) is 1. The predicted octanol–water partition coefficient (Wildman–Crippen LogP) is 3.15. The van der Waals surface area contributed by atoms with E-state index < -0.39 is 0 Å². The fourth-order valence-electron chi connectivity index (χ4n) is 2.99. The van der Waals surface area contributed by atoms with Gasteiger partial charge >= 0.3 is 0 Å². The van der Waals surface area contributed by atoms with Crippen LogP contribution >= 0.6 is 15.9 Å². The van der Waals surface area contributed by atoms with E-state index in [0.717, 1.165) is 4.47 Å². The minimum Gasteiger partial charge on any atom is -0.274 e. The lowest BCUT2D eigenvalue weighted by Gasteiger charge is -2.22. The molecule has 0 radical (unpaired) electrons. The molecule has 1 aromatic carbocycles. The number of rotatable bonds is 1. The van der Waals surface area contributed by atoms with Gasteiger partial charge < -0.3 is 0 Å². The zero-order valence-electron chi connectivity index (χ0n) is 10.5. The van der Waals surface area contributed by atoms with Gasteiger partial charge in [-0.05, 0) is 36.6 Å². The minimum absolute atomic E-state index is 0.0610. The van der Waals surface area contributed by atoms with E-state index in [1.807, 2.05) is 31.2 Å². The Hall–Kier alpha value is -1.42. The number of imide groups is 1. The quantitative estimate of drug-likeness (QED) is 0.589. The second-order valence-electron chi connectivity index (χ2n) is 5.14. The minimum atomic E-state index is -0.193. The summed E-state index contributed by atoms with van der Waals surface area (Å²) < 4.78 is 0.933. The van der Waals surface area contributed by atoms with Crippen molar-refractivity contribution in [3.8, 4) is 0 Å². The Bertz CT molecular complexity index is 564. The van der Waals surface area contributed by atoms with Gasteiger partial charge in [0, 0.05) is 4.47 Å². The Morgan fingerprint density at radius 3 is 2.47 bits per heavy atom. The van der Waals surface area contributed by atoms with Gasteiger partial charge in [-0.3, -0.25) is 14.5 Å². The lowest BCUT2D eigenvalue weighted by atomic mass is 9.78. The van der Waals surface area contributed by atoms with E-state index in [0.29, 0.717) is 12.1 Å². The van der Waals surface area contributed by atoms with Crippen molar-refractivity contribution in [2.45, 2.75) is 13.3 Å². The standard InChI is InChI=1S/C15H14BrNO2/c1-9-3-2-4-12-13(9)15(19)17(14(12)18)11-7-5-10(16)6-8-11/h2-3,5-9,12-13H,4H2,1H3/t9-,12+,13-/m1/s1. The summed E-state index contributed by atoms with van der Waals surface area (Å²) in [5.41, 5.74) is 0.666. The SMILES string of the molecule is C[C@@H]1C=CC[C@@H]2C(=O)N(c3ccc(Br)cc3)C(=O)[C@H]12. The van der Waals surface area contributed by atoms with Gasteiger partial charge in [0.25, 0.3) is 0 Å². The van der Waals surface area contributed by atoms with Crippen LogP contribution in [0.1, 0.15) is 13.3 Å². The Morgan fingerprint density at radius 2 is 1.84 bits per heavy atom. The molecule has 0 unspecified atom stereocenters. The van der Waals surface area contributed by atoms with Crippen molar-refractivity contribution in [1.82, 2.24) is 0 Å². The van der Waals surface area contributed by atoms with Gasteiger partial charge in [0.15, 0.2) is 0 Å². The number of hydrogen-bond donors (Lipinski definition) is 0. The largest absolute Gasteiger partial charge is 0.274 e. The highest BCUT2D eigenvalue weighted by Crippen LogP contribution is 2.40. The molecule has 1 saturated heterocycles. The van der Waals surface area contributed by atoms with E-state index in [9.17, 15) is 9.59 Å². The third kappa shape index (κ3) is 1.94. The van der Waals surface area contributed by atoms with Crippen LogP contribution in [0.15, 0.2) is 40.9 Å². The Kier molecular flexibility index (Phi) is 3.05. The average molecular weight is 320 g/mol. The maximum atomic E-state index is 12.5. The van der Waals surface area contributed by atoms with Gasteiger partial charge in [0.2, 0.25) is 11.8 Å². The smallest absolute Gasteiger partial charge is 0.238 e. The first-order valence-corrected chi connectivity index (χ1v) is 7.19. The van der Waals surface area contributed by atoms with E-state index in [1.54, 1.807) is 12.1 Å². The number of hydrogen-bond acceptors (Lipinski definition) is 2. The number of halogens is 1. The summed E-state index contributed by atoms with van der Waals surface area (Å²) in [6.45, 7) is 2.00. The molecule has 98 valence electrons. The Balaban J connectivity index is 1.98. The molecule has 1 heterocycles. The maximum Gasteiger partial charge on any atom is 0.238 e. The average Bonchev–Trinajstić information content (AvgIpc) is 2.65. The molecular weight excluding hydrogens is 306 g/mol. The number of fused-ring (bicyclic) bond motifs is 1. The molecule has 19 heavy (non-hydrogen) atoms. The predicted molar refractivity (Wildman–Crippen MR) is 76.5 cm³/mol. The van der Waals surface area contributed by atoms with Gasteiger partial charge in [-0.2, -0.15) is 0 Å². The first-order valence-electron chi connectivity index (χ1n) is 6.39. The van der Waals surface area contributed by atoms with Crippen molar-refractivity contribution in [2.24, 2.45) is 17.8 Å². The highest BCUT2D eigenvalue weighted by atomic mass is 79.9. The van der Waals surface area contributed by atoms with E-state index >= 15 is 0 Å². The first kappa shape index (κ1) is 12.6. The normalized spacial score (nSPS) is 29.8. The summed E-state index contributed by atoms with van der Waals surface area (Å²) in [6.07, 6.45) is 4.73. The Morgan fingerprint density at radius 1 is 1.16 bits per heavy atom. The van der Waals surface area contributed by atoms with Crippen LogP contribution in [0.5, 0.6) is 0 Å². The molecule has 1 aliphatic heterocycles. The highest BCUT2D eigenvalue weighted by molar-refractivity contribution is 9.10. The number of carbonyl (C=O) groups excluding carboxylic acids is 2. The molecular formula is C15H14BrNO2. The topological polar surface area (TPSA) is 37.4 Å². The Labute approximate surface area is 120 Å². The molecule has 1 aliphatic carbocycles. The third-order valence-electron chi connectivity index (χ3n) is 3.96. The molecule has 2 amide bonds. The van der Waals surface area contributed by atoms with E-state index in [4.69, 9.17) is 0 Å². The van der Waals surface area contributed by atoms with Crippen LogP contribution in [0.2, 0.25) is 0 Å². The molecule has 0 N–H and O–H groups in total. The second-order valence-corrected chi connectivity index (χ2v) is 6.06. The summed E-state index contributed by atoms with van der Waals surface area (Å²) in [5.74, 6) is -0.365. The molecule has 3 nitrogen and oxygen atoms in total. The van der Waals surface area contributed by atoms with Crippen LogP contribution in [0, 0.1) is 17.8 Å². The monoisotopic (exact) mass is 319 g/mol. The number of benzene rings is 1. The van der Waals surface area contributed by atoms with Crippen molar-refractivity contribution in [2.75, 3.05) is 4.90 Å². The molecule has 4 heteroatoms. The van der Waals surface area contributed by atoms with Crippen LogP contribution < -0.4 is 4.90 Å². The number of carbonyl (C=O) groups is 2. The summed E-state index contributed by atoms with van der Waals surface area (Å²) in [6, 6.07) is 7.30. The summed E-state index contributed by atoms with van der Waals surface area (Å²) in [7, 11) is 0. The molecule has 0 saturated carbocycles. The first-order chi connectivity index (χ1) is 9.09. The maximum absolute atomic E-state index is 12.5. The third-order valence-corrected chi connectivity index (χ3v) is 4.49. The van der Waals surface area contributed by atoms with Crippen LogP contribution in [0.3, 0.4) is 0 Å². The van der Waals surface area contributed by atoms with Gasteiger partial charge in [-0.1, -0.05) is 35.0 Å². The number of anilines is 1. The van der Waals surface area contributed by atoms with E-state index in [1.165, 1.54) is 4.90 Å². The lowest BCUT2D eigenvalue weighted by molar-refractivity contribution is -0.122. The van der Waals surface area contributed by atoms with Gasteiger partial charge in [-0.25, -0.2) is 0 Å². The second kappa shape index (κ2) is 4.60. The van der Waals surface area contributed by atoms with Crippen LogP contribution in [-0.4, -0.2) is 11.8 Å². The van der Waals surface area contributed by atoms with Crippen LogP contribution in [-0.2, 0) is 9.59 Å². The van der Waals surface area contributed by atoms with Crippen molar-refractivity contribution in [3.05, 3.63) is 40.9 Å². The summed E-state index contributed by atoms with van der Waals surface area (Å²) >= 11 is 3.36. The molecule has 1 fully saturated rings. The van der Waals surface area contributed by atoms with Gasteiger partial charge in [-0.15, -0.1) is 0 Å². The molecule has 2 aliphatic rings. The zero-order chi connectivity index (χ0) is 13.6. The highest BCUT2D eigenvalue weighted by Gasteiger charge is 2.50. The fraction of sp³-hybridized carbons (Fsp3) is 0.333. The van der Waals surface area contributed by atoms with Crippen molar-refractivity contribution >= 4 is 33.4 Å². The van der Waals surface area contributed by atoms with Crippen LogP contribution in [0.25, 0.3) is 0 Å². The van der Waals surface area contributed by atoms with Crippen LogP contribution in [0.4, 0.5) is 5.69 Å².